The molecular weight excluding hydrogens is 324 g/mol. The predicted molar refractivity (Wildman–Crippen MR) is 87.2 cm³/mol. The molecule has 1 aliphatic rings. The number of pyridine rings is 1. The number of rotatable bonds is 5. The van der Waals surface area contributed by atoms with Gasteiger partial charge in [0.25, 0.3) is 0 Å². The molecule has 0 saturated carbocycles. The number of carbonyl (C=O) groups excluding carboxylic acids is 2. The van der Waals surface area contributed by atoms with Crippen LogP contribution in [-0.2, 0) is 22.6 Å². The molecule has 8 nitrogen and oxygen atoms in total. The van der Waals surface area contributed by atoms with Crippen LogP contribution >= 0.6 is 0 Å². The second-order valence-electron chi connectivity index (χ2n) is 6.14. The van der Waals surface area contributed by atoms with Crippen LogP contribution in [0.4, 0.5) is 0 Å². The van der Waals surface area contributed by atoms with Crippen LogP contribution in [0.25, 0.3) is 0 Å². The van der Waals surface area contributed by atoms with Crippen molar-refractivity contribution in [2.45, 2.75) is 38.5 Å². The Bertz CT molecular complexity index is 746. The smallest absolute Gasteiger partial charge is 0.243 e. The average molecular weight is 344 g/mol. The van der Waals surface area contributed by atoms with Crippen molar-refractivity contribution in [2.75, 3.05) is 6.54 Å². The average Bonchev–Trinajstić information content (AvgIpc) is 3.19. The van der Waals surface area contributed by atoms with Gasteiger partial charge in [-0.25, -0.2) is 0 Å². The Balaban J connectivity index is 1.62. The molecule has 1 aliphatic heterocycles. The summed E-state index contributed by atoms with van der Waals surface area (Å²) in [5, 5.41) is 16.5. The Kier molecular flexibility index (Phi) is 5.08. The normalized spacial score (nSPS) is 19.8. The van der Waals surface area contributed by atoms with E-state index in [9.17, 15) is 14.7 Å². The quantitative estimate of drug-likeness (QED) is 0.802. The molecule has 0 spiro atoms. The van der Waals surface area contributed by atoms with E-state index in [0.29, 0.717) is 18.0 Å². The molecule has 2 atom stereocenters. The van der Waals surface area contributed by atoms with Crippen molar-refractivity contribution < 1.29 is 19.2 Å². The highest BCUT2D eigenvalue weighted by Crippen LogP contribution is 2.20. The topological polar surface area (TPSA) is 109 Å². The minimum Gasteiger partial charge on any atom is -0.391 e. The van der Waals surface area contributed by atoms with Crippen molar-refractivity contribution in [2.24, 2.45) is 0 Å². The number of hydrogen-bond acceptors (Lipinski definition) is 6. The van der Waals surface area contributed by atoms with Gasteiger partial charge in [0.1, 0.15) is 11.8 Å². The van der Waals surface area contributed by atoms with E-state index >= 15 is 0 Å². The summed E-state index contributed by atoms with van der Waals surface area (Å²) in [5.74, 6) is -0.105. The third-order valence-electron chi connectivity index (χ3n) is 4.12. The molecule has 2 amide bonds. The van der Waals surface area contributed by atoms with Gasteiger partial charge in [0.15, 0.2) is 0 Å². The van der Waals surface area contributed by atoms with Crippen LogP contribution in [0.2, 0.25) is 0 Å². The fourth-order valence-electron chi connectivity index (χ4n) is 2.90. The van der Waals surface area contributed by atoms with Gasteiger partial charge in [-0.15, -0.1) is 0 Å². The minimum absolute atomic E-state index is 0.0156. The number of aromatic nitrogens is 2. The molecule has 3 heterocycles. The number of β-amino-alcohol motifs (C(OH)–C–C–N with tert-alkyl or cyclic N) is 1. The van der Waals surface area contributed by atoms with Crippen LogP contribution < -0.4 is 5.32 Å². The van der Waals surface area contributed by atoms with Crippen molar-refractivity contribution in [3.05, 3.63) is 47.6 Å². The lowest BCUT2D eigenvalue weighted by Gasteiger charge is -2.23. The van der Waals surface area contributed by atoms with E-state index < -0.39 is 12.1 Å². The molecule has 0 bridgehead atoms. The Morgan fingerprint density at radius 1 is 1.40 bits per heavy atom. The number of carbonyl (C=O) groups is 2. The molecular formula is C17H20N4O4. The molecule has 0 unspecified atom stereocenters. The molecule has 0 aliphatic carbocycles. The van der Waals surface area contributed by atoms with E-state index in [0.717, 1.165) is 5.56 Å². The van der Waals surface area contributed by atoms with Gasteiger partial charge in [0.2, 0.25) is 11.8 Å². The Morgan fingerprint density at radius 3 is 2.84 bits per heavy atom. The van der Waals surface area contributed by atoms with Gasteiger partial charge in [-0.3, -0.25) is 14.6 Å². The summed E-state index contributed by atoms with van der Waals surface area (Å²) in [6.07, 6.45) is 2.83. The van der Waals surface area contributed by atoms with E-state index in [4.69, 9.17) is 4.52 Å². The molecule has 25 heavy (non-hydrogen) atoms. The van der Waals surface area contributed by atoms with Crippen LogP contribution in [0.5, 0.6) is 0 Å². The standard InChI is InChI=1S/C17H20N4O4/c1-11-6-14(25-20-11)8-16(23)21-10-13(22)7-15(21)17(24)19-9-12-2-4-18-5-3-12/h2-6,13,15,22H,7-10H2,1H3,(H,19,24)/t13-,15+/m1/s1. The van der Waals surface area contributed by atoms with Crippen LogP contribution in [0.3, 0.4) is 0 Å². The minimum atomic E-state index is -0.711. The number of nitrogens with zero attached hydrogens (tertiary/aromatic N) is 3. The lowest BCUT2D eigenvalue weighted by atomic mass is 10.1. The van der Waals surface area contributed by atoms with E-state index in [1.807, 2.05) is 0 Å². The summed E-state index contributed by atoms with van der Waals surface area (Å²) >= 11 is 0. The third-order valence-corrected chi connectivity index (χ3v) is 4.12. The molecule has 132 valence electrons. The number of likely N-dealkylation sites (tertiary alicyclic amines) is 1. The van der Waals surface area contributed by atoms with Crippen molar-refractivity contribution in [1.82, 2.24) is 20.4 Å². The molecule has 8 heteroatoms. The fourth-order valence-corrected chi connectivity index (χ4v) is 2.90. The van der Waals surface area contributed by atoms with Crippen molar-refractivity contribution >= 4 is 11.8 Å². The van der Waals surface area contributed by atoms with Crippen LogP contribution in [0, 0.1) is 6.92 Å². The van der Waals surface area contributed by atoms with E-state index in [-0.39, 0.29) is 31.2 Å². The van der Waals surface area contributed by atoms with Gasteiger partial charge in [-0.05, 0) is 24.6 Å². The summed E-state index contributed by atoms with van der Waals surface area (Å²) in [7, 11) is 0. The first-order chi connectivity index (χ1) is 12.0. The van der Waals surface area contributed by atoms with E-state index in [2.05, 4.69) is 15.5 Å². The van der Waals surface area contributed by atoms with E-state index in [1.54, 1.807) is 37.5 Å². The SMILES string of the molecule is Cc1cc(CC(=O)N2C[C@H](O)C[C@H]2C(=O)NCc2ccncc2)on1. The van der Waals surface area contributed by atoms with Gasteiger partial charge in [-0.2, -0.15) is 0 Å². The monoisotopic (exact) mass is 344 g/mol. The zero-order valence-electron chi connectivity index (χ0n) is 13.9. The third kappa shape index (κ3) is 4.21. The number of amides is 2. The molecule has 1 fully saturated rings. The zero-order chi connectivity index (χ0) is 17.8. The molecule has 2 N–H and O–H groups in total. The number of aliphatic hydroxyl groups is 1. The summed E-state index contributed by atoms with van der Waals surface area (Å²) in [5.41, 5.74) is 1.60. The maximum absolute atomic E-state index is 12.5. The number of hydrogen-bond donors (Lipinski definition) is 2. The largest absolute Gasteiger partial charge is 0.391 e. The first-order valence-electron chi connectivity index (χ1n) is 8.09. The Morgan fingerprint density at radius 2 is 2.16 bits per heavy atom. The second-order valence-corrected chi connectivity index (χ2v) is 6.14. The highest BCUT2D eigenvalue weighted by molar-refractivity contribution is 5.89. The number of nitrogens with one attached hydrogen (secondary N) is 1. The predicted octanol–water partition coefficient (Wildman–Crippen LogP) is 0.199. The summed E-state index contributed by atoms with van der Waals surface area (Å²) < 4.78 is 5.06. The van der Waals surface area contributed by atoms with Gasteiger partial charge in [-0.1, -0.05) is 5.16 Å². The molecule has 0 aromatic carbocycles. The van der Waals surface area contributed by atoms with Crippen molar-refractivity contribution in [1.29, 1.82) is 0 Å². The lowest BCUT2D eigenvalue weighted by molar-refractivity contribution is -0.138. The first kappa shape index (κ1) is 17.1. The van der Waals surface area contributed by atoms with Gasteiger partial charge >= 0.3 is 0 Å². The molecule has 2 aromatic heterocycles. The van der Waals surface area contributed by atoms with Crippen molar-refractivity contribution in [3.8, 4) is 0 Å². The van der Waals surface area contributed by atoms with Crippen LogP contribution in [0.1, 0.15) is 23.4 Å². The molecule has 1 saturated heterocycles. The maximum atomic E-state index is 12.5. The highest BCUT2D eigenvalue weighted by atomic mass is 16.5. The van der Waals surface area contributed by atoms with Gasteiger partial charge in [0.05, 0.1) is 18.2 Å². The second kappa shape index (κ2) is 7.43. The van der Waals surface area contributed by atoms with Crippen LogP contribution in [0.15, 0.2) is 35.1 Å². The number of aryl methyl sites for hydroxylation is 1. The molecule has 3 rings (SSSR count). The van der Waals surface area contributed by atoms with Gasteiger partial charge < -0.3 is 19.8 Å². The maximum Gasteiger partial charge on any atom is 0.243 e. The van der Waals surface area contributed by atoms with Gasteiger partial charge in [0, 0.05) is 38.0 Å². The fraction of sp³-hybridized carbons (Fsp3) is 0.412. The summed E-state index contributed by atoms with van der Waals surface area (Å²) in [4.78, 5) is 30.3. The molecule has 0 radical (unpaired) electrons. The van der Waals surface area contributed by atoms with Crippen molar-refractivity contribution in [3.63, 3.8) is 0 Å². The molecule has 2 aromatic rings. The summed E-state index contributed by atoms with van der Waals surface area (Å²) in [6, 6.07) is 4.61. The summed E-state index contributed by atoms with van der Waals surface area (Å²) in [6.45, 7) is 2.25. The number of aliphatic hydroxyl groups excluding tert-OH is 1. The Labute approximate surface area is 144 Å². The first-order valence-corrected chi connectivity index (χ1v) is 8.09. The zero-order valence-corrected chi connectivity index (χ0v) is 13.9. The lowest BCUT2D eigenvalue weighted by Crippen LogP contribution is -2.46. The van der Waals surface area contributed by atoms with Crippen LogP contribution in [-0.4, -0.2) is 50.7 Å². The Hall–Kier alpha value is -2.74. The van der Waals surface area contributed by atoms with E-state index in [1.165, 1.54) is 4.90 Å². The highest BCUT2D eigenvalue weighted by Gasteiger charge is 2.38.